The number of rotatable bonds is 8. The Balaban J connectivity index is 1.81. The summed E-state index contributed by atoms with van der Waals surface area (Å²) in [6, 6.07) is 17.3. The Labute approximate surface area is 149 Å². The number of benzene rings is 2. The molecule has 2 amide bonds. The molecule has 2 aromatic carbocycles. The Kier molecular flexibility index (Phi) is 7.29. The van der Waals surface area contributed by atoms with Crippen LogP contribution >= 0.6 is 0 Å². The molecule has 5 heteroatoms. The van der Waals surface area contributed by atoms with Gasteiger partial charge >= 0.3 is 6.03 Å². The minimum atomic E-state index is -0.247. The highest BCUT2D eigenvalue weighted by molar-refractivity contribution is 5.74. The Bertz CT molecular complexity index is 661. The number of carbonyl (C=O) groups is 1. The van der Waals surface area contributed by atoms with E-state index >= 15 is 0 Å². The van der Waals surface area contributed by atoms with Crippen molar-refractivity contribution in [3.63, 3.8) is 0 Å². The van der Waals surface area contributed by atoms with E-state index in [4.69, 9.17) is 9.84 Å². The number of hydrogen-bond donors (Lipinski definition) is 3. The molecule has 0 radical (unpaired) electrons. The number of carbonyl (C=O) groups excluding carboxylic acids is 1. The lowest BCUT2D eigenvalue weighted by atomic mass is 10.1. The molecule has 2 unspecified atom stereocenters. The molecule has 0 spiro atoms. The van der Waals surface area contributed by atoms with E-state index in [0.29, 0.717) is 13.2 Å². The van der Waals surface area contributed by atoms with E-state index in [2.05, 4.69) is 10.6 Å². The number of urea groups is 1. The third-order valence-corrected chi connectivity index (χ3v) is 4.10. The molecular formula is C20H26N2O3. The van der Waals surface area contributed by atoms with Crippen molar-refractivity contribution in [3.05, 3.63) is 65.7 Å². The number of nitrogens with one attached hydrogen (secondary N) is 2. The van der Waals surface area contributed by atoms with Crippen molar-refractivity contribution in [1.29, 1.82) is 0 Å². The van der Waals surface area contributed by atoms with Crippen molar-refractivity contribution in [2.75, 3.05) is 6.61 Å². The summed E-state index contributed by atoms with van der Waals surface area (Å²) in [4.78, 5) is 11.9. The quantitative estimate of drug-likeness (QED) is 0.690. The van der Waals surface area contributed by atoms with Crippen molar-refractivity contribution < 1.29 is 14.6 Å². The monoisotopic (exact) mass is 342 g/mol. The van der Waals surface area contributed by atoms with Gasteiger partial charge in [-0.25, -0.2) is 4.79 Å². The second-order valence-corrected chi connectivity index (χ2v) is 6.20. The normalized spacial score (nSPS) is 12.9. The summed E-state index contributed by atoms with van der Waals surface area (Å²) in [5.41, 5.74) is 2.07. The first-order chi connectivity index (χ1) is 12.1. The SMILES string of the molecule is CC(CO)C(C)NC(=O)NCc1cccc(OCc2ccccc2)c1. The van der Waals surface area contributed by atoms with Crippen molar-refractivity contribution in [2.45, 2.75) is 33.0 Å². The molecule has 0 saturated carbocycles. The molecule has 0 aliphatic heterocycles. The van der Waals surface area contributed by atoms with Crippen molar-refractivity contribution in [1.82, 2.24) is 10.6 Å². The average molecular weight is 342 g/mol. The molecule has 0 saturated heterocycles. The standard InChI is InChI=1S/C20H26N2O3/c1-15(13-23)16(2)22-20(24)21-12-18-9-6-10-19(11-18)25-14-17-7-4-3-5-8-17/h3-11,15-16,23H,12-14H2,1-2H3,(H2,21,22,24). The van der Waals surface area contributed by atoms with Crippen LogP contribution in [0, 0.1) is 5.92 Å². The molecule has 2 rings (SSSR count). The minimum absolute atomic E-state index is 0.0143. The number of amides is 2. The summed E-state index contributed by atoms with van der Waals surface area (Å²) in [7, 11) is 0. The molecule has 0 heterocycles. The van der Waals surface area contributed by atoms with Gasteiger partial charge in [-0.05, 0) is 36.1 Å². The van der Waals surface area contributed by atoms with Crippen LogP contribution < -0.4 is 15.4 Å². The van der Waals surface area contributed by atoms with Gasteiger partial charge in [0.05, 0.1) is 0 Å². The summed E-state index contributed by atoms with van der Waals surface area (Å²) >= 11 is 0. The highest BCUT2D eigenvalue weighted by Gasteiger charge is 2.13. The molecule has 2 atom stereocenters. The fraction of sp³-hybridized carbons (Fsp3) is 0.350. The zero-order valence-corrected chi connectivity index (χ0v) is 14.7. The lowest BCUT2D eigenvalue weighted by Gasteiger charge is -2.19. The van der Waals surface area contributed by atoms with Crippen molar-refractivity contribution >= 4 is 6.03 Å². The van der Waals surface area contributed by atoms with Crippen LogP contribution in [0.2, 0.25) is 0 Å². The second-order valence-electron chi connectivity index (χ2n) is 6.20. The molecule has 134 valence electrons. The van der Waals surface area contributed by atoms with Crippen LogP contribution in [0.1, 0.15) is 25.0 Å². The smallest absolute Gasteiger partial charge is 0.315 e. The molecule has 5 nitrogen and oxygen atoms in total. The predicted molar refractivity (Wildman–Crippen MR) is 98.3 cm³/mol. The van der Waals surface area contributed by atoms with E-state index < -0.39 is 0 Å². The van der Waals surface area contributed by atoms with Crippen molar-refractivity contribution in [2.24, 2.45) is 5.92 Å². The van der Waals surface area contributed by atoms with Gasteiger partial charge in [0.1, 0.15) is 12.4 Å². The predicted octanol–water partition coefficient (Wildman–Crippen LogP) is 3.08. The third-order valence-electron chi connectivity index (χ3n) is 4.10. The van der Waals surface area contributed by atoms with Crippen LogP contribution in [-0.4, -0.2) is 23.8 Å². The lowest BCUT2D eigenvalue weighted by Crippen LogP contribution is -2.43. The minimum Gasteiger partial charge on any atom is -0.489 e. The molecule has 0 aliphatic rings. The van der Waals surface area contributed by atoms with Gasteiger partial charge < -0.3 is 20.5 Å². The topological polar surface area (TPSA) is 70.6 Å². The van der Waals surface area contributed by atoms with E-state index in [0.717, 1.165) is 16.9 Å². The maximum Gasteiger partial charge on any atom is 0.315 e. The maximum absolute atomic E-state index is 11.9. The molecular weight excluding hydrogens is 316 g/mol. The van der Waals surface area contributed by atoms with Crippen LogP contribution in [0.5, 0.6) is 5.75 Å². The molecule has 3 N–H and O–H groups in total. The number of hydrogen-bond acceptors (Lipinski definition) is 3. The van der Waals surface area contributed by atoms with Gasteiger partial charge in [0.15, 0.2) is 0 Å². The van der Waals surface area contributed by atoms with E-state index in [9.17, 15) is 4.79 Å². The zero-order chi connectivity index (χ0) is 18.1. The summed E-state index contributed by atoms with van der Waals surface area (Å²) in [5.74, 6) is 0.784. The zero-order valence-electron chi connectivity index (χ0n) is 14.7. The molecule has 0 fully saturated rings. The first kappa shape index (κ1) is 18.8. The Morgan fingerprint density at radius 2 is 1.80 bits per heavy atom. The second kappa shape index (κ2) is 9.69. The Morgan fingerprint density at radius 3 is 2.52 bits per heavy atom. The van der Waals surface area contributed by atoms with E-state index in [1.807, 2.05) is 68.4 Å². The highest BCUT2D eigenvalue weighted by atomic mass is 16.5. The molecule has 2 aromatic rings. The number of aliphatic hydroxyl groups is 1. The summed E-state index contributed by atoms with van der Waals surface area (Å²) < 4.78 is 5.79. The molecule has 0 bridgehead atoms. The molecule has 25 heavy (non-hydrogen) atoms. The Hall–Kier alpha value is -2.53. The summed E-state index contributed by atoms with van der Waals surface area (Å²) in [6.07, 6.45) is 0. The molecule has 0 aromatic heterocycles. The van der Waals surface area contributed by atoms with E-state index in [-0.39, 0.29) is 24.6 Å². The molecule has 0 aliphatic carbocycles. The fourth-order valence-corrected chi connectivity index (χ4v) is 2.23. The Morgan fingerprint density at radius 1 is 1.08 bits per heavy atom. The van der Waals surface area contributed by atoms with Gasteiger partial charge in [0, 0.05) is 19.2 Å². The van der Waals surface area contributed by atoms with Gasteiger partial charge in [0.25, 0.3) is 0 Å². The largest absolute Gasteiger partial charge is 0.489 e. The first-order valence-corrected chi connectivity index (χ1v) is 8.49. The summed E-state index contributed by atoms with van der Waals surface area (Å²) in [5, 5.41) is 14.7. The van der Waals surface area contributed by atoms with Gasteiger partial charge in [-0.3, -0.25) is 0 Å². The van der Waals surface area contributed by atoms with Crippen LogP contribution in [-0.2, 0) is 13.2 Å². The maximum atomic E-state index is 11.9. The van der Waals surface area contributed by atoms with Crippen LogP contribution in [0.15, 0.2) is 54.6 Å². The summed E-state index contributed by atoms with van der Waals surface area (Å²) in [6.45, 7) is 4.72. The van der Waals surface area contributed by atoms with Gasteiger partial charge in [-0.1, -0.05) is 49.4 Å². The van der Waals surface area contributed by atoms with Gasteiger partial charge in [-0.2, -0.15) is 0 Å². The number of aliphatic hydroxyl groups excluding tert-OH is 1. The van der Waals surface area contributed by atoms with Gasteiger partial charge in [-0.15, -0.1) is 0 Å². The van der Waals surface area contributed by atoms with Crippen molar-refractivity contribution in [3.8, 4) is 5.75 Å². The van der Waals surface area contributed by atoms with Gasteiger partial charge in [0.2, 0.25) is 0 Å². The van der Waals surface area contributed by atoms with Crippen LogP contribution in [0.25, 0.3) is 0 Å². The van der Waals surface area contributed by atoms with E-state index in [1.54, 1.807) is 0 Å². The fourth-order valence-electron chi connectivity index (χ4n) is 2.23. The number of ether oxygens (including phenoxy) is 1. The lowest BCUT2D eigenvalue weighted by molar-refractivity contribution is 0.200. The highest BCUT2D eigenvalue weighted by Crippen LogP contribution is 2.15. The van der Waals surface area contributed by atoms with E-state index in [1.165, 1.54) is 0 Å². The first-order valence-electron chi connectivity index (χ1n) is 8.49. The third kappa shape index (κ3) is 6.47. The average Bonchev–Trinajstić information content (AvgIpc) is 2.65. The van der Waals surface area contributed by atoms with Crippen LogP contribution in [0.3, 0.4) is 0 Å². The van der Waals surface area contributed by atoms with Crippen LogP contribution in [0.4, 0.5) is 4.79 Å².